The van der Waals surface area contributed by atoms with Crippen molar-refractivity contribution in [2.75, 3.05) is 5.32 Å². The lowest BCUT2D eigenvalue weighted by molar-refractivity contribution is -0.137. The van der Waals surface area contributed by atoms with E-state index in [2.05, 4.69) is 26.2 Å². The summed E-state index contributed by atoms with van der Waals surface area (Å²) in [7, 11) is 0. The van der Waals surface area contributed by atoms with Crippen molar-refractivity contribution >= 4 is 61.1 Å². The van der Waals surface area contributed by atoms with Crippen LogP contribution in [0.3, 0.4) is 0 Å². The van der Waals surface area contributed by atoms with Gasteiger partial charge in [-0.25, -0.2) is 9.78 Å². The quantitative estimate of drug-likeness (QED) is 0.212. The molecule has 0 radical (unpaired) electrons. The van der Waals surface area contributed by atoms with E-state index in [4.69, 9.17) is 16.0 Å². The van der Waals surface area contributed by atoms with E-state index in [0.29, 0.717) is 16.7 Å². The van der Waals surface area contributed by atoms with E-state index in [1.165, 1.54) is 6.20 Å². The number of aromatic nitrogens is 1. The zero-order chi connectivity index (χ0) is 23.8. The molecular weight excluding hydrogens is 543 g/mol. The Labute approximate surface area is 201 Å². The monoisotopic (exact) mass is 551 g/mol. The van der Waals surface area contributed by atoms with Crippen LogP contribution in [-0.2, 0) is 6.18 Å². The number of rotatable bonds is 4. The second-order valence-corrected chi connectivity index (χ2v) is 8.86. The van der Waals surface area contributed by atoms with E-state index < -0.39 is 17.4 Å². The standard InChI is InChI=1S/C22H10BrClF3N3O2S/c23-14-2-4-19-11(5-14)6-15(21(31)32-19)18-10-33-20(30-18)12(8-28)9-29-17-7-13(22(25,26)27)1-3-16(17)24/h1-7,9-10,29H. The number of alkyl halides is 3. The van der Waals surface area contributed by atoms with Gasteiger partial charge in [-0.1, -0.05) is 27.5 Å². The molecule has 0 spiro atoms. The highest BCUT2D eigenvalue weighted by molar-refractivity contribution is 9.10. The van der Waals surface area contributed by atoms with Crippen molar-refractivity contribution < 1.29 is 17.6 Å². The molecular formula is C22H10BrClF3N3O2S. The molecule has 0 fully saturated rings. The molecule has 0 saturated heterocycles. The Kier molecular flexibility index (Phi) is 6.30. The first-order valence-corrected chi connectivity index (χ1v) is 11.1. The second kappa shape index (κ2) is 9.02. The first-order chi connectivity index (χ1) is 15.7. The van der Waals surface area contributed by atoms with Gasteiger partial charge in [-0.05, 0) is 42.5 Å². The van der Waals surface area contributed by atoms with Crippen LogP contribution in [0, 0.1) is 11.3 Å². The molecule has 0 saturated carbocycles. The number of nitrogens with one attached hydrogen (secondary N) is 1. The van der Waals surface area contributed by atoms with E-state index in [0.717, 1.165) is 34.0 Å². The molecule has 5 nitrogen and oxygen atoms in total. The lowest BCUT2D eigenvalue weighted by Crippen LogP contribution is -2.05. The summed E-state index contributed by atoms with van der Waals surface area (Å²) in [5, 5.41) is 14.7. The number of benzene rings is 2. The highest BCUT2D eigenvalue weighted by atomic mass is 79.9. The Morgan fingerprint density at radius 2 is 2.03 bits per heavy atom. The average molecular weight is 553 g/mol. The van der Waals surface area contributed by atoms with E-state index in [1.54, 1.807) is 29.6 Å². The maximum Gasteiger partial charge on any atom is 0.416 e. The van der Waals surface area contributed by atoms with Gasteiger partial charge < -0.3 is 9.73 Å². The van der Waals surface area contributed by atoms with Crippen LogP contribution in [0.15, 0.2) is 67.7 Å². The predicted molar refractivity (Wildman–Crippen MR) is 125 cm³/mol. The summed E-state index contributed by atoms with van der Waals surface area (Å²) in [6, 6.07) is 11.6. The normalized spacial score (nSPS) is 12.1. The molecule has 2 aromatic heterocycles. The van der Waals surface area contributed by atoms with Crippen LogP contribution in [0.2, 0.25) is 5.02 Å². The van der Waals surface area contributed by atoms with Gasteiger partial charge in [0.15, 0.2) is 0 Å². The lowest BCUT2D eigenvalue weighted by Gasteiger charge is -2.10. The molecule has 166 valence electrons. The van der Waals surface area contributed by atoms with Gasteiger partial charge in [-0.3, -0.25) is 0 Å². The SMILES string of the molecule is N#CC(=CNc1cc(C(F)(F)F)ccc1Cl)c1nc(-c2cc3cc(Br)ccc3oc2=O)cs1. The number of nitrogens with zero attached hydrogens (tertiary/aromatic N) is 2. The van der Waals surface area contributed by atoms with Gasteiger partial charge in [-0.15, -0.1) is 11.3 Å². The molecule has 0 aliphatic carbocycles. The number of anilines is 1. The highest BCUT2D eigenvalue weighted by Gasteiger charge is 2.30. The predicted octanol–water partition coefficient (Wildman–Crippen LogP) is 7.33. The molecule has 0 bridgehead atoms. The number of nitriles is 1. The van der Waals surface area contributed by atoms with Crippen molar-refractivity contribution in [3.8, 4) is 17.3 Å². The number of thiazole rings is 1. The molecule has 0 aliphatic heterocycles. The Morgan fingerprint density at radius 1 is 1.24 bits per heavy atom. The number of allylic oxidation sites excluding steroid dienone is 1. The van der Waals surface area contributed by atoms with Gasteiger partial charge in [-0.2, -0.15) is 18.4 Å². The fraction of sp³-hybridized carbons (Fsp3) is 0.0455. The van der Waals surface area contributed by atoms with Gasteiger partial charge in [0.1, 0.15) is 22.2 Å². The minimum Gasteiger partial charge on any atom is -0.422 e. The minimum absolute atomic E-state index is 0.0169. The van der Waals surface area contributed by atoms with Gasteiger partial charge in [0.25, 0.3) is 0 Å². The number of hydrogen-bond acceptors (Lipinski definition) is 6. The number of hydrogen-bond donors (Lipinski definition) is 1. The molecule has 1 N–H and O–H groups in total. The number of halogens is 5. The maximum absolute atomic E-state index is 13.0. The van der Waals surface area contributed by atoms with Crippen molar-refractivity contribution in [2.45, 2.75) is 6.18 Å². The van der Waals surface area contributed by atoms with Gasteiger partial charge in [0, 0.05) is 21.4 Å². The van der Waals surface area contributed by atoms with E-state index in [1.807, 2.05) is 6.07 Å². The molecule has 2 heterocycles. The minimum atomic E-state index is -4.54. The summed E-state index contributed by atoms with van der Waals surface area (Å²) >= 11 is 10.4. The third-order valence-corrected chi connectivity index (χ3v) is 6.19. The van der Waals surface area contributed by atoms with Gasteiger partial charge in [0.2, 0.25) is 0 Å². The average Bonchev–Trinajstić information content (AvgIpc) is 3.24. The Hall–Kier alpha value is -3.13. The molecule has 0 atom stereocenters. The van der Waals surface area contributed by atoms with Crippen LogP contribution >= 0.6 is 38.9 Å². The van der Waals surface area contributed by atoms with Gasteiger partial charge in [0.05, 0.1) is 27.5 Å². The third-order valence-electron chi connectivity index (χ3n) is 4.49. The molecule has 11 heteroatoms. The third kappa shape index (κ3) is 4.95. The Morgan fingerprint density at radius 3 is 2.76 bits per heavy atom. The largest absolute Gasteiger partial charge is 0.422 e. The fourth-order valence-corrected chi connectivity index (χ4v) is 4.23. The summed E-state index contributed by atoms with van der Waals surface area (Å²) in [4.78, 5) is 16.8. The van der Waals surface area contributed by atoms with E-state index in [-0.39, 0.29) is 26.9 Å². The van der Waals surface area contributed by atoms with Crippen LogP contribution < -0.4 is 10.9 Å². The van der Waals surface area contributed by atoms with Crippen LogP contribution in [-0.4, -0.2) is 4.98 Å². The van der Waals surface area contributed by atoms with Crippen LogP contribution in [0.4, 0.5) is 18.9 Å². The van der Waals surface area contributed by atoms with E-state index in [9.17, 15) is 23.2 Å². The highest BCUT2D eigenvalue weighted by Crippen LogP contribution is 2.34. The lowest BCUT2D eigenvalue weighted by atomic mass is 10.1. The Bertz CT molecular complexity index is 1510. The van der Waals surface area contributed by atoms with Crippen LogP contribution in [0.1, 0.15) is 10.6 Å². The van der Waals surface area contributed by atoms with E-state index >= 15 is 0 Å². The summed E-state index contributed by atoms with van der Waals surface area (Å²) in [6.45, 7) is 0. The molecule has 4 rings (SSSR count). The summed E-state index contributed by atoms with van der Waals surface area (Å²) in [6.07, 6.45) is -3.33. The first kappa shape index (κ1) is 23.0. The summed E-state index contributed by atoms with van der Waals surface area (Å²) in [5.41, 5.74) is -0.490. The smallest absolute Gasteiger partial charge is 0.416 e. The molecule has 0 aliphatic rings. The summed E-state index contributed by atoms with van der Waals surface area (Å²) < 4.78 is 45.0. The molecule has 4 aromatic rings. The van der Waals surface area contributed by atoms with Crippen molar-refractivity contribution in [1.82, 2.24) is 4.98 Å². The van der Waals surface area contributed by atoms with Gasteiger partial charge >= 0.3 is 11.8 Å². The van der Waals surface area contributed by atoms with Crippen molar-refractivity contribution in [3.05, 3.63) is 84.5 Å². The molecule has 2 aromatic carbocycles. The summed E-state index contributed by atoms with van der Waals surface area (Å²) in [5.74, 6) is 0. The second-order valence-electron chi connectivity index (χ2n) is 6.67. The topological polar surface area (TPSA) is 78.9 Å². The zero-order valence-corrected chi connectivity index (χ0v) is 19.4. The van der Waals surface area contributed by atoms with Crippen LogP contribution in [0.5, 0.6) is 0 Å². The molecule has 33 heavy (non-hydrogen) atoms. The van der Waals surface area contributed by atoms with Crippen molar-refractivity contribution in [3.63, 3.8) is 0 Å². The zero-order valence-electron chi connectivity index (χ0n) is 16.2. The Balaban J connectivity index is 1.66. The fourth-order valence-electron chi connectivity index (χ4n) is 2.90. The number of fused-ring (bicyclic) bond motifs is 1. The van der Waals surface area contributed by atoms with Crippen molar-refractivity contribution in [1.29, 1.82) is 5.26 Å². The molecule has 0 unspecified atom stereocenters. The van der Waals surface area contributed by atoms with Crippen LogP contribution in [0.25, 0.3) is 27.8 Å². The first-order valence-electron chi connectivity index (χ1n) is 9.09. The maximum atomic E-state index is 13.0. The molecule has 0 amide bonds. The van der Waals surface area contributed by atoms with Crippen molar-refractivity contribution in [2.24, 2.45) is 0 Å².